The lowest BCUT2D eigenvalue weighted by Gasteiger charge is -2.22. The number of fused-ring (bicyclic) bond motifs is 1. The molecular weight excluding hydrogens is 498 g/mol. The normalized spacial score (nSPS) is 12.0. The molecule has 1 atom stereocenters. The summed E-state index contributed by atoms with van der Waals surface area (Å²) in [4.78, 5) is 29.0. The maximum Gasteiger partial charge on any atom is 0.408 e. The van der Waals surface area contributed by atoms with Crippen LogP contribution in [0.5, 0.6) is 17.2 Å². The minimum atomic E-state index is -0.887. The van der Waals surface area contributed by atoms with E-state index in [-0.39, 0.29) is 6.42 Å². The van der Waals surface area contributed by atoms with Gasteiger partial charge >= 0.3 is 12.1 Å². The average molecular weight is 532 g/mol. The molecule has 0 aliphatic heterocycles. The van der Waals surface area contributed by atoms with E-state index in [9.17, 15) is 9.59 Å². The molecule has 0 bridgehead atoms. The number of rotatable bonds is 9. The van der Waals surface area contributed by atoms with E-state index >= 15 is 0 Å². The zero-order valence-corrected chi connectivity index (χ0v) is 22.8. The first kappa shape index (κ1) is 27.5. The molecule has 9 heteroatoms. The van der Waals surface area contributed by atoms with Gasteiger partial charge in [0.1, 0.15) is 34.5 Å². The first-order chi connectivity index (χ1) is 18.6. The highest BCUT2D eigenvalue weighted by atomic mass is 16.6. The van der Waals surface area contributed by atoms with Gasteiger partial charge in [-0.1, -0.05) is 24.3 Å². The zero-order valence-electron chi connectivity index (χ0n) is 22.8. The van der Waals surface area contributed by atoms with Crippen molar-refractivity contribution >= 4 is 23.1 Å². The number of amides is 1. The second-order valence-corrected chi connectivity index (χ2v) is 10.0. The topological polar surface area (TPSA) is 101 Å². The van der Waals surface area contributed by atoms with E-state index in [2.05, 4.69) is 14.9 Å². The van der Waals surface area contributed by atoms with Crippen molar-refractivity contribution in [1.29, 1.82) is 0 Å². The Hall–Kier alpha value is -4.53. The third kappa shape index (κ3) is 7.28. The third-order valence-corrected chi connectivity index (χ3v) is 5.90. The van der Waals surface area contributed by atoms with E-state index in [4.69, 9.17) is 18.9 Å². The number of aromatic nitrogens is 2. The van der Waals surface area contributed by atoms with Gasteiger partial charge in [-0.2, -0.15) is 0 Å². The van der Waals surface area contributed by atoms with Gasteiger partial charge in [0.15, 0.2) is 0 Å². The van der Waals surface area contributed by atoms with E-state index in [1.165, 1.54) is 7.11 Å². The van der Waals surface area contributed by atoms with Gasteiger partial charge in [-0.15, -0.1) is 0 Å². The number of nitrogens with one attached hydrogen (secondary N) is 1. The molecular formula is C30H33N3O6. The van der Waals surface area contributed by atoms with Gasteiger partial charge in [0.25, 0.3) is 0 Å². The van der Waals surface area contributed by atoms with E-state index in [1.807, 2.05) is 66.9 Å². The molecule has 39 heavy (non-hydrogen) atoms. The summed E-state index contributed by atoms with van der Waals surface area (Å²) < 4.78 is 23.6. The molecule has 2 aromatic heterocycles. The number of benzene rings is 2. The smallest absolute Gasteiger partial charge is 0.408 e. The monoisotopic (exact) mass is 531 g/mol. The van der Waals surface area contributed by atoms with Gasteiger partial charge in [0.2, 0.25) is 0 Å². The van der Waals surface area contributed by atoms with Crippen molar-refractivity contribution in [2.24, 2.45) is 0 Å². The number of alkyl carbamates (subject to hydrolysis) is 1. The van der Waals surface area contributed by atoms with Crippen LogP contribution in [0.15, 0.2) is 73.1 Å². The summed E-state index contributed by atoms with van der Waals surface area (Å²) >= 11 is 0. The lowest BCUT2D eigenvalue weighted by molar-refractivity contribution is -0.143. The molecule has 4 rings (SSSR count). The molecule has 2 heterocycles. The Labute approximate surface area is 227 Å². The van der Waals surface area contributed by atoms with Crippen LogP contribution >= 0.6 is 0 Å². The van der Waals surface area contributed by atoms with Crippen LogP contribution in [-0.4, -0.2) is 47.5 Å². The Morgan fingerprint density at radius 3 is 2.23 bits per heavy atom. The number of methoxy groups -OCH3 is 2. The zero-order chi connectivity index (χ0) is 28.0. The quantitative estimate of drug-likeness (QED) is 0.285. The number of carbonyl (C=O) groups is 2. The van der Waals surface area contributed by atoms with Crippen molar-refractivity contribution in [2.75, 3.05) is 14.2 Å². The largest absolute Gasteiger partial charge is 0.497 e. The lowest BCUT2D eigenvalue weighted by Crippen LogP contribution is -2.45. The van der Waals surface area contributed by atoms with Crippen molar-refractivity contribution in [3.8, 4) is 17.2 Å². The van der Waals surface area contributed by atoms with Gasteiger partial charge < -0.3 is 28.8 Å². The van der Waals surface area contributed by atoms with E-state index < -0.39 is 23.7 Å². The molecule has 0 aliphatic rings. The van der Waals surface area contributed by atoms with Crippen molar-refractivity contribution in [2.45, 2.75) is 45.4 Å². The average Bonchev–Trinajstić information content (AvgIpc) is 3.32. The molecule has 0 saturated carbocycles. The number of carbonyl (C=O) groups excluding carboxylic acids is 2. The Kier molecular flexibility index (Phi) is 8.39. The molecule has 9 nitrogen and oxygen atoms in total. The number of ether oxygens (including phenoxy) is 4. The van der Waals surface area contributed by atoms with Gasteiger partial charge in [0, 0.05) is 25.4 Å². The Morgan fingerprint density at radius 1 is 0.923 bits per heavy atom. The van der Waals surface area contributed by atoms with E-state index in [0.29, 0.717) is 18.0 Å². The second kappa shape index (κ2) is 11.9. The highest BCUT2D eigenvalue weighted by Gasteiger charge is 2.25. The fourth-order valence-corrected chi connectivity index (χ4v) is 4.05. The second-order valence-electron chi connectivity index (χ2n) is 10.0. The molecule has 2 aromatic carbocycles. The summed E-state index contributed by atoms with van der Waals surface area (Å²) in [6.45, 7) is 5.93. The number of pyridine rings is 1. The van der Waals surface area contributed by atoms with Gasteiger partial charge in [-0.3, -0.25) is 0 Å². The summed E-state index contributed by atoms with van der Waals surface area (Å²) in [5, 5.41) is 3.48. The van der Waals surface area contributed by atoms with Gasteiger partial charge in [-0.25, -0.2) is 14.6 Å². The predicted octanol–water partition coefficient (Wildman–Crippen LogP) is 5.49. The van der Waals surface area contributed by atoms with Crippen LogP contribution in [0.25, 0.3) is 11.0 Å². The molecule has 0 fully saturated rings. The van der Waals surface area contributed by atoms with E-state index in [0.717, 1.165) is 27.9 Å². The van der Waals surface area contributed by atoms with Crippen molar-refractivity contribution in [1.82, 2.24) is 14.9 Å². The molecule has 0 unspecified atom stereocenters. The van der Waals surface area contributed by atoms with Gasteiger partial charge in [-0.05, 0) is 68.3 Å². The van der Waals surface area contributed by atoms with Crippen LogP contribution in [0, 0.1) is 0 Å². The lowest BCUT2D eigenvalue weighted by atomic mass is 10.1. The summed E-state index contributed by atoms with van der Waals surface area (Å²) in [5.41, 5.74) is 2.08. The molecule has 0 radical (unpaired) electrons. The van der Waals surface area contributed by atoms with Crippen LogP contribution in [0.2, 0.25) is 0 Å². The maximum atomic E-state index is 12.3. The van der Waals surface area contributed by atoms with Crippen LogP contribution in [0.3, 0.4) is 0 Å². The number of nitrogens with zero attached hydrogens (tertiary/aromatic N) is 2. The minimum Gasteiger partial charge on any atom is -0.497 e. The van der Waals surface area contributed by atoms with Crippen molar-refractivity contribution < 1.29 is 28.5 Å². The molecule has 0 spiro atoms. The fourth-order valence-electron chi connectivity index (χ4n) is 4.05. The Morgan fingerprint density at radius 2 is 1.59 bits per heavy atom. The standard InChI is InChI=1S/C30H33N3O6/c1-30(2,3)39-29(35)32-25(28(34)37-5)18-20-6-12-23(13-7-20)38-26-14-16-31-27-24(26)15-17-33(27)19-21-8-10-22(36-4)11-9-21/h6-17,25H,18-19H2,1-5H3,(H,32,35)/t25-/m0/s1. The third-order valence-electron chi connectivity index (χ3n) is 5.90. The van der Waals surface area contributed by atoms with Crippen LogP contribution in [0.1, 0.15) is 31.9 Å². The molecule has 0 saturated heterocycles. The van der Waals surface area contributed by atoms with Crippen LogP contribution < -0.4 is 14.8 Å². The molecule has 0 aliphatic carbocycles. The number of esters is 1. The van der Waals surface area contributed by atoms with E-state index in [1.54, 1.807) is 34.1 Å². The first-order valence-electron chi connectivity index (χ1n) is 12.6. The van der Waals surface area contributed by atoms with Crippen molar-refractivity contribution in [3.63, 3.8) is 0 Å². The molecule has 4 aromatic rings. The summed E-state index contributed by atoms with van der Waals surface area (Å²) in [6.07, 6.45) is 3.26. The SMILES string of the molecule is COC(=O)[C@H](Cc1ccc(Oc2ccnc3c2ccn3Cc2ccc(OC)cc2)cc1)NC(=O)OC(C)(C)C. The molecule has 1 amide bonds. The summed E-state index contributed by atoms with van der Waals surface area (Å²) in [7, 11) is 2.93. The first-order valence-corrected chi connectivity index (χ1v) is 12.6. The maximum absolute atomic E-state index is 12.3. The summed E-state index contributed by atoms with van der Waals surface area (Å²) in [5.74, 6) is 1.57. The van der Waals surface area contributed by atoms with Crippen LogP contribution in [-0.2, 0) is 27.2 Å². The fraction of sp³-hybridized carbons (Fsp3) is 0.300. The molecule has 204 valence electrons. The van der Waals surface area contributed by atoms with Crippen LogP contribution in [0.4, 0.5) is 4.79 Å². The van der Waals surface area contributed by atoms with Gasteiger partial charge in [0.05, 0.1) is 19.6 Å². The Balaban J connectivity index is 1.45. The number of hydrogen-bond donors (Lipinski definition) is 1. The molecule has 1 N–H and O–H groups in total. The highest BCUT2D eigenvalue weighted by molar-refractivity contribution is 5.83. The predicted molar refractivity (Wildman–Crippen MR) is 147 cm³/mol. The number of hydrogen-bond acceptors (Lipinski definition) is 7. The minimum absolute atomic E-state index is 0.236. The Bertz CT molecular complexity index is 1420. The summed E-state index contributed by atoms with van der Waals surface area (Å²) in [6, 6.07) is 18.2. The highest BCUT2D eigenvalue weighted by Crippen LogP contribution is 2.30. The van der Waals surface area contributed by atoms with Crippen molar-refractivity contribution in [3.05, 3.63) is 84.2 Å².